The Morgan fingerprint density at radius 3 is 2.67 bits per heavy atom. The van der Waals surface area contributed by atoms with Gasteiger partial charge in [0.15, 0.2) is 6.61 Å². The molecule has 0 unspecified atom stereocenters. The van der Waals surface area contributed by atoms with Crippen LogP contribution in [0.15, 0.2) is 30.7 Å². The molecule has 7 nitrogen and oxygen atoms in total. The summed E-state index contributed by atoms with van der Waals surface area (Å²) in [4.78, 5) is 15.8. The number of amides is 1. The van der Waals surface area contributed by atoms with E-state index in [0.717, 1.165) is 0 Å². The summed E-state index contributed by atoms with van der Waals surface area (Å²) in [6, 6.07) is 2.72. The van der Waals surface area contributed by atoms with Gasteiger partial charge in [0, 0.05) is 6.07 Å². The molecule has 0 bridgehead atoms. The Kier molecular flexibility index (Phi) is 3.96. The third kappa shape index (κ3) is 4.37. The van der Waals surface area contributed by atoms with Gasteiger partial charge in [-0.1, -0.05) is 0 Å². The average Bonchev–Trinajstić information content (AvgIpc) is 2.86. The second-order valence-electron chi connectivity index (χ2n) is 3.94. The van der Waals surface area contributed by atoms with Crippen LogP contribution in [0.5, 0.6) is 5.88 Å². The van der Waals surface area contributed by atoms with Crippen molar-refractivity contribution in [3.8, 4) is 5.88 Å². The number of carbonyl (C=O) groups excluding carboxylic acids is 1. The maximum atomic E-state index is 12.0. The van der Waals surface area contributed by atoms with Crippen molar-refractivity contribution in [1.29, 1.82) is 0 Å². The molecule has 0 atom stereocenters. The lowest BCUT2D eigenvalue weighted by Gasteiger charge is -2.09. The predicted molar refractivity (Wildman–Crippen MR) is 65.6 cm³/mol. The standard InChI is InChI=1S/C11H10F3N5O2/c12-11(13,14)6-21-9-2-1-8(4-16-9)18-19-5-7(3-17-19)10(15)20/h1-5,18H,6H2,(H2,15,20). The number of aromatic nitrogens is 3. The maximum Gasteiger partial charge on any atom is 0.422 e. The summed E-state index contributed by atoms with van der Waals surface area (Å²) in [7, 11) is 0. The van der Waals surface area contributed by atoms with Crippen LogP contribution in [0.3, 0.4) is 0 Å². The van der Waals surface area contributed by atoms with Crippen molar-refractivity contribution < 1.29 is 22.7 Å². The van der Waals surface area contributed by atoms with Crippen molar-refractivity contribution in [2.24, 2.45) is 5.73 Å². The molecule has 0 saturated heterocycles. The van der Waals surface area contributed by atoms with Gasteiger partial charge in [-0.3, -0.25) is 10.2 Å². The van der Waals surface area contributed by atoms with E-state index in [4.69, 9.17) is 5.73 Å². The van der Waals surface area contributed by atoms with Gasteiger partial charge in [0.2, 0.25) is 5.88 Å². The number of nitrogens with one attached hydrogen (secondary N) is 1. The molecule has 10 heteroatoms. The van der Waals surface area contributed by atoms with E-state index in [1.807, 2.05) is 0 Å². The van der Waals surface area contributed by atoms with E-state index in [-0.39, 0.29) is 11.4 Å². The molecule has 3 N–H and O–H groups in total. The minimum Gasteiger partial charge on any atom is -0.468 e. The van der Waals surface area contributed by atoms with Crippen LogP contribution in [0, 0.1) is 0 Å². The molecule has 0 spiro atoms. The van der Waals surface area contributed by atoms with Gasteiger partial charge < -0.3 is 10.5 Å². The Morgan fingerprint density at radius 1 is 1.38 bits per heavy atom. The van der Waals surface area contributed by atoms with Gasteiger partial charge in [0.05, 0.1) is 29.8 Å². The fourth-order valence-electron chi connectivity index (χ4n) is 1.33. The number of primary amides is 1. The maximum absolute atomic E-state index is 12.0. The highest BCUT2D eigenvalue weighted by molar-refractivity contribution is 5.92. The van der Waals surface area contributed by atoms with Crippen LogP contribution in [0.2, 0.25) is 0 Å². The SMILES string of the molecule is NC(=O)c1cnn(Nc2ccc(OCC(F)(F)F)nc2)c1. The molecular formula is C11H10F3N5O2. The Morgan fingerprint density at radius 2 is 2.14 bits per heavy atom. The van der Waals surface area contributed by atoms with Crippen LogP contribution in [-0.4, -0.2) is 33.6 Å². The molecule has 2 aromatic heterocycles. The van der Waals surface area contributed by atoms with Crippen molar-refractivity contribution in [3.63, 3.8) is 0 Å². The first kappa shape index (κ1) is 14.6. The van der Waals surface area contributed by atoms with Crippen molar-refractivity contribution in [3.05, 3.63) is 36.3 Å². The van der Waals surface area contributed by atoms with E-state index in [1.165, 1.54) is 35.5 Å². The van der Waals surface area contributed by atoms with Gasteiger partial charge in [0.25, 0.3) is 5.91 Å². The predicted octanol–water partition coefficient (Wildman–Crippen LogP) is 1.19. The number of hydrogen-bond acceptors (Lipinski definition) is 5. The van der Waals surface area contributed by atoms with Crippen molar-refractivity contribution >= 4 is 11.6 Å². The molecule has 0 aliphatic heterocycles. The fourth-order valence-corrected chi connectivity index (χ4v) is 1.33. The zero-order valence-corrected chi connectivity index (χ0v) is 10.5. The molecule has 2 rings (SSSR count). The quantitative estimate of drug-likeness (QED) is 0.865. The molecule has 21 heavy (non-hydrogen) atoms. The number of alkyl halides is 3. The van der Waals surface area contributed by atoms with Gasteiger partial charge in [-0.25, -0.2) is 4.98 Å². The van der Waals surface area contributed by atoms with Gasteiger partial charge in [0.1, 0.15) is 0 Å². The van der Waals surface area contributed by atoms with Crippen molar-refractivity contribution in [2.45, 2.75) is 6.18 Å². The average molecular weight is 301 g/mol. The third-order valence-electron chi connectivity index (χ3n) is 2.23. The van der Waals surface area contributed by atoms with Crippen molar-refractivity contribution in [2.75, 3.05) is 12.0 Å². The zero-order chi connectivity index (χ0) is 15.5. The number of nitrogens with zero attached hydrogens (tertiary/aromatic N) is 3. The summed E-state index contributed by atoms with van der Waals surface area (Å²) in [6.07, 6.45) is -0.532. The van der Waals surface area contributed by atoms with E-state index < -0.39 is 18.7 Å². The number of pyridine rings is 1. The minimum atomic E-state index is -4.42. The lowest BCUT2D eigenvalue weighted by molar-refractivity contribution is -0.154. The van der Waals surface area contributed by atoms with Crippen LogP contribution in [0.25, 0.3) is 0 Å². The lowest BCUT2D eigenvalue weighted by Crippen LogP contribution is -2.19. The largest absolute Gasteiger partial charge is 0.468 e. The molecule has 1 amide bonds. The number of rotatable bonds is 5. The molecule has 0 aliphatic rings. The first-order valence-electron chi connectivity index (χ1n) is 5.60. The summed E-state index contributed by atoms with van der Waals surface area (Å²) in [5.41, 5.74) is 8.45. The highest BCUT2D eigenvalue weighted by Crippen LogP contribution is 2.18. The first-order valence-corrected chi connectivity index (χ1v) is 5.60. The molecular weight excluding hydrogens is 291 g/mol. The minimum absolute atomic E-state index is 0.156. The summed E-state index contributed by atoms with van der Waals surface area (Å²) in [6.45, 7) is -1.41. The number of anilines is 1. The number of ether oxygens (including phenoxy) is 1. The highest BCUT2D eigenvalue weighted by atomic mass is 19.4. The zero-order valence-electron chi connectivity index (χ0n) is 10.5. The molecule has 2 aromatic rings. The monoisotopic (exact) mass is 301 g/mol. The van der Waals surface area contributed by atoms with Gasteiger partial charge in [-0.2, -0.15) is 23.1 Å². The fraction of sp³-hybridized carbons (Fsp3) is 0.182. The van der Waals surface area contributed by atoms with Crippen LogP contribution < -0.4 is 15.9 Å². The van der Waals surface area contributed by atoms with E-state index in [1.54, 1.807) is 0 Å². The third-order valence-corrected chi connectivity index (χ3v) is 2.23. The van der Waals surface area contributed by atoms with Gasteiger partial charge in [-0.05, 0) is 6.07 Å². The molecule has 2 heterocycles. The van der Waals surface area contributed by atoms with Gasteiger partial charge >= 0.3 is 6.18 Å². The smallest absolute Gasteiger partial charge is 0.422 e. The molecule has 0 fully saturated rings. The molecule has 0 saturated carbocycles. The topological polar surface area (TPSA) is 95.1 Å². The first-order chi connectivity index (χ1) is 9.83. The molecule has 0 aromatic carbocycles. The number of nitrogens with two attached hydrogens (primary N) is 1. The van der Waals surface area contributed by atoms with E-state index >= 15 is 0 Å². The van der Waals surface area contributed by atoms with E-state index in [0.29, 0.717) is 5.69 Å². The highest BCUT2D eigenvalue weighted by Gasteiger charge is 2.28. The Bertz CT molecular complexity index is 624. The van der Waals surface area contributed by atoms with E-state index in [2.05, 4.69) is 20.2 Å². The van der Waals surface area contributed by atoms with Crippen LogP contribution in [0.1, 0.15) is 10.4 Å². The Labute approximate surface area is 116 Å². The van der Waals surface area contributed by atoms with E-state index in [9.17, 15) is 18.0 Å². The van der Waals surface area contributed by atoms with Gasteiger partial charge in [-0.15, -0.1) is 0 Å². The van der Waals surface area contributed by atoms with Crippen molar-refractivity contribution in [1.82, 2.24) is 14.9 Å². The summed E-state index contributed by atoms with van der Waals surface area (Å²) >= 11 is 0. The Hall–Kier alpha value is -2.78. The van der Waals surface area contributed by atoms with Crippen LogP contribution >= 0.6 is 0 Å². The van der Waals surface area contributed by atoms with Crippen LogP contribution in [0.4, 0.5) is 18.9 Å². The second-order valence-corrected chi connectivity index (χ2v) is 3.94. The molecule has 0 radical (unpaired) electrons. The lowest BCUT2D eigenvalue weighted by atomic mass is 10.4. The molecule has 0 aliphatic carbocycles. The summed E-state index contributed by atoms with van der Waals surface area (Å²) in [5.74, 6) is -0.784. The second kappa shape index (κ2) is 5.69. The number of carbonyl (C=O) groups is 1. The van der Waals surface area contributed by atoms with Crippen LogP contribution in [-0.2, 0) is 0 Å². The number of halogens is 3. The summed E-state index contributed by atoms with van der Waals surface area (Å²) in [5, 5.41) is 3.82. The number of hydrogen-bond donors (Lipinski definition) is 2. The normalized spacial score (nSPS) is 11.2. The molecule has 112 valence electrons. The summed E-state index contributed by atoms with van der Waals surface area (Å²) < 4.78 is 40.3. The Balaban J connectivity index is 1.97.